The summed E-state index contributed by atoms with van der Waals surface area (Å²) >= 11 is 0. The van der Waals surface area contributed by atoms with Gasteiger partial charge in [0.15, 0.2) is 0 Å². The van der Waals surface area contributed by atoms with Crippen LogP contribution in [0.2, 0.25) is 0 Å². The van der Waals surface area contributed by atoms with Crippen LogP contribution >= 0.6 is 0 Å². The van der Waals surface area contributed by atoms with Crippen LogP contribution in [-0.2, 0) is 11.3 Å². The van der Waals surface area contributed by atoms with Crippen molar-refractivity contribution in [3.63, 3.8) is 0 Å². The predicted octanol–water partition coefficient (Wildman–Crippen LogP) is 4.54. The van der Waals surface area contributed by atoms with E-state index in [2.05, 4.69) is 18.1 Å². The lowest BCUT2D eigenvalue weighted by molar-refractivity contribution is -0.140. The van der Waals surface area contributed by atoms with Gasteiger partial charge in [-0.25, -0.2) is 0 Å². The van der Waals surface area contributed by atoms with Crippen LogP contribution in [0.4, 0.5) is 0 Å². The highest BCUT2D eigenvalue weighted by atomic mass is 16.5. The second-order valence-corrected chi connectivity index (χ2v) is 12.6. The van der Waals surface area contributed by atoms with E-state index in [0.717, 1.165) is 43.4 Å². The molecule has 34 heavy (non-hydrogen) atoms. The van der Waals surface area contributed by atoms with Crippen molar-refractivity contribution in [3.8, 4) is 6.07 Å². The first-order valence-corrected chi connectivity index (χ1v) is 13.6. The molecule has 1 aromatic heterocycles. The molecule has 5 rings (SSSR count). The van der Waals surface area contributed by atoms with E-state index in [-0.39, 0.29) is 11.3 Å². The van der Waals surface area contributed by atoms with Crippen molar-refractivity contribution in [2.24, 2.45) is 40.9 Å². The van der Waals surface area contributed by atoms with Crippen LogP contribution in [0, 0.1) is 52.3 Å². The summed E-state index contributed by atoms with van der Waals surface area (Å²) < 4.78 is 7.38. The molecule has 9 atom stereocenters. The fraction of sp³-hybridized carbons (Fsp3) is 0.857. The molecule has 0 aliphatic heterocycles. The first-order valence-electron chi connectivity index (χ1n) is 13.6. The molecule has 188 valence electrons. The fourth-order valence-electron chi connectivity index (χ4n) is 9.35. The molecule has 1 heterocycles. The molecule has 4 aliphatic rings. The maximum Gasteiger partial charge on any atom is 0.102 e. The molecule has 4 fully saturated rings. The summed E-state index contributed by atoms with van der Waals surface area (Å²) in [6, 6.07) is 2.14. The van der Waals surface area contributed by atoms with E-state index in [4.69, 9.17) is 10.00 Å². The van der Waals surface area contributed by atoms with Gasteiger partial charge in [0.25, 0.3) is 0 Å². The standard InChI is InChI=1S/C28H43N3O3/c1-4-34-18-28(33)12-10-21-20(13-28)5-6-23-22(21)9-11-26(2)24(23)7-8-25(26)27(3,32)17-31-16-19(14-29)15-30-31/h15-16,20-25,32-33H,4-13,17-18H2,1-3H3/t20-,21+,22-,23-,24+,25?,26+,27?,28-/m1/s1. The van der Waals surface area contributed by atoms with E-state index in [0.29, 0.717) is 37.2 Å². The predicted molar refractivity (Wildman–Crippen MR) is 130 cm³/mol. The normalized spacial score (nSPS) is 43.3. The highest BCUT2D eigenvalue weighted by Crippen LogP contribution is 2.66. The summed E-state index contributed by atoms with van der Waals surface area (Å²) in [4.78, 5) is 0. The number of hydrogen-bond acceptors (Lipinski definition) is 5. The highest BCUT2D eigenvalue weighted by Gasteiger charge is 2.60. The monoisotopic (exact) mass is 469 g/mol. The van der Waals surface area contributed by atoms with Crippen LogP contribution in [0.3, 0.4) is 0 Å². The molecule has 6 nitrogen and oxygen atoms in total. The van der Waals surface area contributed by atoms with E-state index in [9.17, 15) is 10.2 Å². The molecule has 0 spiro atoms. The first-order chi connectivity index (χ1) is 16.2. The topological polar surface area (TPSA) is 91.3 Å². The molecule has 6 heteroatoms. The Kier molecular flexibility index (Phi) is 6.36. The van der Waals surface area contributed by atoms with Crippen LogP contribution < -0.4 is 0 Å². The Bertz CT molecular complexity index is 922. The number of hydrogen-bond donors (Lipinski definition) is 2. The summed E-state index contributed by atoms with van der Waals surface area (Å²) in [5.74, 6) is 3.86. The SMILES string of the molecule is CCOC[C@@]1(O)CC[C@H]2[C@H](CC[C@@H]3[C@@H]2CC[C@]2(C)C(C(C)(O)Cn4cc(C#N)cn4)CC[C@@H]32)C1. The van der Waals surface area contributed by atoms with Crippen molar-refractivity contribution in [1.82, 2.24) is 9.78 Å². The van der Waals surface area contributed by atoms with Crippen LogP contribution in [-0.4, -0.2) is 44.4 Å². The lowest BCUT2D eigenvalue weighted by atomic mass is 9.48. The molecular weight excluding hydrogens is 426 g/mol. The Balaban J connectivity index is 1.29. The van der Waals surface area contributed by atoms with Crippen molar-refractivity contribution in [2.45, 2.75) is 96.3 Å². The van der Waals surface area contributed by atoms with Gasteiger partial charge in [-0.2, -0.15) is 10.4 Å². The largest absolute Gasteiger partial charge is 0.388 e. The molecule has 4 aliphatic carbocycles. The second-order valence-electron chi connectivity index (χ2n) is 12.6. The molecule has 0 saturated heterocycles. The van der Waals surface area contributed by atoms with E-state index in [1.165, 1.54) is 32.1 Å². The van der Waals surface area contributed by atoms with Crippen molar-refractivity contribution in [1.29, 1.82) is 5.26 Å². The molecule has 0 bridgehead atoms. The summed E-state index contributed by atoms with van der Waals surface area (Å²) in [5, 5.41) is 36.2. The smallest absolute Gasteiger partial charge is 0.102 e. The molecule has 4 saturated carbocycles. The minimum atomic E-state index is -0.840. The van der Waals surface area contributed by atoms with Gasteiger partial charge < -0.3 is 14.9 Å². The van der Waals surface area contributed by atoms with Gasteiger partial charge >= 0.3 is 0 Å². The van der Waals surface area contributed by atoms with Gasteiger partial charge in [0.05, 0.1) is 36.1 Å². The van der Waals surface area contributed by atoms with E-state index in [1.54, 1.807) is 17.1 Å². The third-order valence-corrected chi connectivity index (χ3v) is 10.7. The minimum Gasteiger partial charge on any atom is -0.388 e. The van der Waals surface area contributed by atoms with Gasteiger partial charge in [-0.1, -0.05) is 6.92 Å². The first kappa shape index (κ1) is 24.3. The number of nitriles is 1. The Morgan fingerprint density at radius 2 is 1.97 bits per heavy atom. The number of rotatable bonds is 6. The Morgan fingerprint density at radius 1 is 1.18 bits per heavy atom. The minimum absolute atomic E-state index is 0.160. The lowest BCUT2D eigenvalue weighted by Gasteiger charge is -2.58. The molecule has 0 radical (unpaired) electrons. The zero-order valence-corrected chi connectivity index (χ0v) is 21.2. The van der Waals surface area contributed by atoms with Gasteiger partial charge in [0.1, 0.15) is 6.07 Å². The van der Waals surface area contributed by atoms with Crippen molar-refractivity contribution < 1.29 is 14.9 Å². The Morgan fingerprint density at radius 3 is 2.71 bits per heavy atom. The van der Waals surface area contributed by atoms with Crippen LogP contribution in [0.5, 0.6) is 0 Å². The van der Waals surface area contributed by atoms with Crippen LogP contribution in [0.15, 0.2) is 12.4 Å². The zero-order chi connectivity index (χ0) is 24.1. The molecule has 0 amide bonds. The van der Waals surface area contributed by atoms with Gasteiger partial charge in [-0.05, 0) is 113 Å². The number of nitrogens with zero attached hydrogens (tertiary/aromatic N) is 3. The zero-order valence-electron chi connectivity index (χ0n) is 21.2. The van der Waals surface area contributed by atoms with Crippen molar-refractivity contribution in [3.05, 3.63) is 18.0 Å². The Hall–Kier alpha value is -1.42. The van der Waals surface area contributed by atoms with E-state index in [1.807, 2.05) is 13.8 Å². The number of fused-ring (bicyclic) bond motifs is 5. The number of aliphatic hydroxyl groups is 2. The number of ether oxygens (including phenoxy) is 1. The molecule has 0 aromatic carbocycles. The van der Waals surface area contributed by atoms with Crippen LogP contribution in [0.1, 0.15) is 84.1 Å². The summed E-state index contributed by atoms with van der Waals surface area (Å²) in [6.45, 7) is 8.06. The second kappa shape index (κ2) is 8.91. The maximum absolute atomic E-state index is 11.7. The quantitative estimate of drug-likeness (QED) is 0.638. The van der Waals surface area contributed by atoms with Crippen molar-refractivity contribution in [2.75, 3.05) is 13.2 Å². The molecule has 2 N–H and O–H groups in total. The van der Waals surface area contributed by atoms with Gasteiger partial charge in [-0.15, -0.1) is 0 Å². The molecule has 1 aromatic rings. The van der Waals surface area contributed by atoms with Gasteiger partial charge in [0.2, 0.25) is 0 Å². The Labute approximate surface area is 204 Å². The third-order valence-electron chi connectivity index (χ3n) is 10.7. The number of aromatic nitrogens is 2. The molecule has 2 unspecified atom stereocenters. The van der Waals surface area contributed by atoms with Gasteiger partial charge in [-0.3, -0.25) is 4.68 Å². The fourth-order valence-corrected chi connectivity index (χ4v) is 9.35. The van der Waals surface area contributed by atoms with Gasteiger partial charge in [0, 0.05) is 12.8 Å². The van der Waals surface area contributed by atoms with Crippen LogP contribution in [0.25, 0.3) is 0 Å². The highest BCUT2D eigenvalue weighted by molar-refractivity contribution is 5.21. The summed E-state index contributed by atoms with van der Waals surface area (Å²) in [6.07, 6.45) is 13.5. The van der Waals surface area contributed by atoms with Crippen molar-refractivity contribution >= 4 is 0 Å². The lowest BCUT2D eigenvalue weighted by Crippen LogP contribution is -2.54. The summed E-state index contributed by atoms with van der Waals surface area (Å²) in [7, 11) is 0. The molecular formula is C28H43N3O3. The average molecular weight is 470 g/mol. The third kappa shape index (κ3) is 4.12. The van der Waals surface area contributed by atoms with E-state index < -0.39 is 11.2 Å². The van der Waals surface area contributed by atoms with E-state index >= 15 is 0 Å². The maximum atomic E-state index is 11.7. The summed E-state index contributed by atoms with van der Waals surface area (Å²) in [5.41, 5.74) is -0.758. The average Bonchev–Trinajstić information content (AvgIpc) is 3.40.